The second-order valence-electron chi connectivity index (χ2n) is 12.0. The number of rotatable bonds is 5. The molecule has 0 saturated carbocycles. The number of fused-ring (bicyclic) bond motifs is 2. The molecule has 1 saturated heterocycles. The Morgan fingerprint density at radius 3 is 2.37 bits per heavy atom. The molecule has 1 atom stereocenters. The minimum Gasteiger partial charge on any atom is -0.547 e. The van der Waals surface area contributed by atoms with E-state index < -0.39 is 29.3 Å². The van der Waals surface area contributed by atoms with Crippen LogP contribution in [-0.4, -0.2) is 69.1 Å². The van der Waals surface area contributed by atoms with E-state index in [1.165, 1.54) is 6.07 Å². The quantitative estimate of drug-likeness (QED) is 0.395. The van der Waals surface area contributed by atoms with Gasteiger partial charge < -0.3 is 33.9 Å². The van der Waals surface area contributed by atoms with Gasteiger partial charge in [-0.3, -0.25) is 4.79 Å². The molecule has 1 aromatic heterocycles. The van der Waals surface area contributed by atoms with E-state index in [0.717, 1.165) is 34.8 Å². The molecule has 6 rings (SSSR count). The van der Waals surface area contributed by atoms with Gasteiger partial charge in [0.05, 0.1) is 24.5 Å². The Morgan fingerprint density at radius 1 is 1.02 bits per heavy atom. The van der Waals surface area contributed by atoms with E-state index in [-0.39, 0.29) is 48.3 Å². The van der Waals surface area contributed by atoms with Crippen LogP contribution in [0.15, 0.2) is 42.7 Å². The summed E-state index contributed by atoms with van der Waals surface area (Å²) < 4.78 is 22.7. The molecule has 0 radical (unpaired) electrons. The number of carbonyl (C=O) groups is 3. The number of carboxylic acid groups (broad SMARTS) is 1. The molecule has 3 aromatic rings. The summed E-state index contributed by atoms with van der Waals surface area (Å²) in [5.74, 6) is -2.56. The Bertz CT molecular complexity index is 1560. The number of amides is 2. The number of hydrogen-bond acceptors (Lipinski definition) is 7. The molecule has 220 valence electrons. The van der Waals surface area contributed by atoms with Crippen molar-refractivity contribution < 1.29 is 47.5 Å². The van der Waals surface area contributed by atoms with Crippen molar-refractivity contribution in [1.82, 2.24) is 19.4 Å². The number of halogens is 1. The van der Waals surface area contributed by atoms with Crippen molar-refractivity contribution in [3.05, 3.63) is 71.1 Å². The first-order valence-corrected chi connectivity index (χ1v) is 14.2. The number of piperazine rings is 1. The number of carboxylic acids is 1. The summed E-state index contributed by atoms with van der Waals surface area (Å²) in [4.78, 5) is 47.4. The molecule has 0 bridgehead atoms. The first-order valence-electron chi connectivity index (χ1n) is 14.2. The van der Waals surface area contributed by atoms with Crippen LogP contribution in [0.2, 0.25) is 0 Å². The fourth-order valence-electron chi connectivity index (χ4n) is 6.02. The van der Waals surface area contributed by atoms with Gasteiger partial charge in [0.2, 0.25) is 0 Å². The number of aromatic nitrogens is 2. The van der Waals surface area contributed by atoms with Crippen LogP contribution in [-0.2, 0) is 29.0 Å². The van der Waals surface area contributed by atoms with Crippen molar-refractivity contribution in [2.45, 2.75) is 58.3 Å². The van der Waals surface area contributed by atoms with Gasteiger partial charge in [0.1, 0.15) is 17.5 Å². The van der Waals surface area contributed by atoms with Gasteiger partial charge in [-0.2, -0.15) is 0 Å². The van der Waals surface area contributed by atoms with Crippen LogP contribution < -0.4 is 28.9 Å². The second-order valence-corrected chi connectivity index (χ2v) is 12.0. The number of ether oxygens (including phenoxy) is 1. The Morgan fingerprint density at radius 2 is 1.72 bits per heavy atom. The Hall–Kier alpha value is -3.81. The van der Waals surface area contributed by atoms with Gasteiger partial charge in [0, 0.05) is 55.2 Å². The minimum absolute atomic E-state index is 0. The molecular weight excluding hydrogens is 548 g/mol. The van der Waals surface area contributed by atoms with Crippen molar-refractivity contribution in [3.63, 3.8) is 0 Å². The van der Waals surface area contributed by atoms with Crippen LogP contribution in [0.25, 0.3) is 11.1 Å². The topological polar surface area (TPSA) is 111 Å². The van der Waals surface area contributed by atoms with Crippen LogP contribution in [0.4, 0.5) is 14.9 Å². The number of hydrogen-bond donors (Lipinski definition) is 0. The van der Waals surface area contributed by atoms with E-state index in [0.29, 0.717) is 38.2 Å². The van der Waals surface area contributed by atoms with Crippen LogP contribution in [0.1, 0.15) is 60.5 Å². The van der Waals surface area contributed by atoms with Crippen LogP contribution in [0.3, 0.4) is 0 Å². The summed E-state index contributed by atoms with van der Waals surface area (Å²) in [5, 5.41) is 12.2. The summed E-state index contributed by atoms with van der Waals surface area (Å²) >= 11 is 0. The normalized spacial score (nSPS) is 16.9. The molecule has 1 unspecified atom stereocenters. The van der Waals surface area contributed by atoms with Gasteiger partial charge >= 0.3 is 25.0 Å². The first kappa shape index (κ1) is 30.6. The maximum absolute atomic E-state index is 15.4. The molecular formula is C31H33FLiN5O5. The standard InChI is InChI=1S/C31H34FN5O5.Li/c1-31(2,3)42-30(41)35-13-11-34(12-14-35)21-8-6-19(7-9-21)20-15-22-23(24(32)16-20)17-37(28(22)38)27(29(39)40)26-25-5-4-10-36(25)18-33-26;/h6-9,15-16,18,27H,4-5,10-14,17H2,1-3H3,(H,39,40);/q;+1/p-1. The summed E-state index contributed by atoms with van der Waals surface area (Å²) in [6.07, 6.45) is 2.81. The molecule has 1 fully saturated rings. The zero-order chi connectivity index (χ0) is 29.8. The largest absolute Gasteiger partial charge is 1.00 e. The predicted molar refractivity (Wildman–Crippen MR) is 150 cm³/mol. The molecule has 3 aliphatic rings. The summed E-state index contributed by atoms with van der Waals surface area (Å²) in [5.41, 5.74) is 3.06. The zero-order valence-electron chi connectivity index (χ0n) is 24.9. The zero-order valence-corrected chi connectivity index (χ0v) is 24.9. The fourth-order valence-corrected chi connectivity index (χ4v) is 6.02. The third-order valence-electron chi connectivity index (χ3n) is 8.10. The van der Waals surface area contributed by atoms with Crippen molar-refractivity contribution in [3.8, 4) is 11.1 Å². The van der Waals surface area contributed by atoms with Crippen molar-refractivity contribution in [2.75, 3.05) is 31.1 Å². The number of carbonyl (C=O) groups excluding carboxylic acids is 3. The molecule has 0 N–H and O–H groups in total. The number of anilines is 1. The number of aryl methyl sites for hydroxylation is 1. The molecule has 2 amide bonds. The number of aliphatic carboxylic acids is 1. The average Bonchev–Trinajstić information content (AvgIpc) is 3.65. The van der Waals surface area contributed by atoms with Crippen molar-refractivity contribution in [2.24, 2.45) is 0 Å². The number of imidazole rings is 1. The second kappa shape index (κ2) is 11.7. The van der Waals surface area contributed by atoms with Crippen LogP contribution in [0.5, 0.6) is 0 Å². The average molecular weight is 582 g/mol. The Balaban J connectivity index is 0.00000368. The Kier molecular flexibility index (Phi) is 8.34. The summed E-state index contributed by atoms with van der Waals surface area (Å²) in [7, 11) is 0. The number of nitrogens with zero attached hydrogens (tertiary/aromatic N) is 5. The SMILES string of the molecule is CC(C)(C)OC(=O)N1CCN(c2ccc(-c3cc(F)c4c(c3)C(=O)N(C(C(=O)[O-])c3ncn5c3CCC5)C4)cc2)CC1.[Li+]. The predicted octanol–water partition coefficient (Wildman–Crippen LogP) is 0.144. The van der Waals surface area contributed by atoms with Crippen LogP contribution >= 0.6 is 0 Å². The smallest absolute Gasteiger partial charge is 0.547 e. The van der Waals surface area contributed by atoms with E-state index in [4.69, 9.17) is 4.74 Å². The van der Waals surface area contributed by atoms with E-state index in [9.17, 15) is 19.5 Å². The van der Waals surface area contributed by atoms with E-state index >= 15 is 4.39 Å². The third kappa shape index (κ3) is 5.88. The third-order valence-corrected chi connectivity index (χ3v) is 8.10. The van der Waals surface area contributed by atoms with E-state index in [1.54, 1.807) is 17.3 Å². The summed E-state index contributed by atoms with van der Waals surface area (Å²) in [6.45, 7) is 8.49. The van der Waals surface area contributed by atoms with Gasteiger partial charge in [-0.25, -0.2) is 14.2 Å². The fraction of sp³-hybridized carbons (Fsp3) is 0.419. The maximum atomic E-state index is 15.4. The van der Waals surface area contributed by atoms with Gasteiger partial charge in [-0.05, 0) is 69.0 Å². The molecule has 0 spiro atoms. The molecule has 43 heavy (non-hydrogen) atoms. The summed E-state index contributed by atoms with van der Waals surface area (Å²) in [6, 6.07) is 9.22. The maximum Gasteiger partial charge on any atom is 1.00 e. The van der Waals surface area contributed by atoms with E-state index in [2.05, 4.69) is 9.88 Å². The number of benzene rings is 2. The molecule has 0 aliphatic carbocycles. The minimum atomic E-state index is -1.44. The molecule has 3 aliphatic heterocycles. The van der Waals surface area contributed by atoms with Crippen molar-refractivity contribution in [1.29, 1.82) is 0 Å². The van der Waals surface area contributed by atoms with Gasteiger partial charge in [0.25, 0.3) is 5.91 Å². The molecule has 2 aromatic carbocycles. The first-order chi connectivity index (χ1) is 20.0. The molecule has 4 heterocycles. The van der Waals surface area contributed by atoms with E-state index in [1.807, 2.05) is 49.6 Å². The Labute approximate surface area is 261 Å². The molecule has 12 heteroatoms. The monoisotopic (exact) mass is 581 g/mol. The van der Waals surface area contributed by atoms with Crippen LogP contribution in [0, 0.1) is 5.82 Å². The molecule has 10 nitrogen and oxygen atoms in total. The van der Waals surface area contributed by atoms with Crippen molar-refractivity contribution >= 4 is 23.7 Å². The van der Waals surface area contributed by atoms with Gasteiger partial charge in [-0.15, -0.1) is 0 Å². The van der Waals surface area contributed by atoms with Gasteiger partial charge in [0.15, 0.2) is 0 Å². The van der Waals surface area contributed by atoms with Gasteiger partial charge in [-0.1, -0.05) is 12.1 Å².